The zero-order valence-corrected chi connectivity index (χ0v) is 18.1. The van der Waals surface area contributed by atoms with Crippen molar-refractivity contribution >= 4 is 23.4 Å². The van der Waals surface area contributed by atoms with Gasteiger partial charge in [-0.05, 0) is 30.5 Å². The molecule has 1 aromatic heterocycles. The third-order valence-corrected chi connectivity index (χ3v) is 6.22. The standard InChI is InChI=1S/C25H21N5OS/c31-23(27-26-22-16-15-18-9-7-8-14-21(18)22)17-32-25-29-28-24(19-10-3-1-4-11-19)30(25)20-12-5-2-6-13-20/h1-14H,15-17H2,(H,27,31). The van der Waals surface area contributed by atoms with Crippen molar-refractivity contribution in [3.05, 3.63) is 96.1 Å². The predicted octanol–water partition coefficient (Wildman–Crippen LogP) is 4.49. The Bertz CT molecular complexity index is 1270. The average Bonchev–Trinajstić information content (AvgIpc) is 3.47. The van der Waals surface area contributed by atoms with Gasteiger partial charge in [-0.3, -0.25) is 9.36 Å². The molecule has 0 bridgehead atoms. The van der Waals surface area contributed by atoms with Crippen molar-refractivity contribution in [2.24, 2.45) is 5.10 Å². The molecule has 0 aliphatic heterocycles. The number of benzene rings is 3. The van der Waals surface area contributed by atoms with E-state index in [-0.39, 0.29) is 11.7 Å². The molecule has 4 aromatic rings. The van der Waals surface area contributed by atoms with Crippen molar-refractivity contribution in [3.63, 3.8) is 0 Å². The molecule has 0 unspecified atom stereocenters. The molecule has 0 atom stereocenters. The van der Waals surface area contributed by atoms with Crippen molar-refractivity contribution in [2.75, 3.05) is 5.75 Å². The fourth-order valence-electron chi connectivity index (χ4n) is 3.76. The van der Waals surface area contributed by atoms with Crippen molar-refractivity contribution in [1.82, 2.24) is 20.2 Å². The molecule has 1 aliphatic rings. The minimum absolute atomic E-state index is 0.171. The molecule has 3 aromatic carbocycles. The normalized spacial score (nSPS) is 13.8. The van der Waals surface area contributed by atoms with Crippen LogP contribution in [0.2, 0.25) is 0 Å². The van der Waals surface area contributed by atoms with Gasteiger partial charge in [0.25, 0.3) is 5.91 Å². The molecule has 0 spiro atoms. The van der Waals surface area contributed by atoms with Crippen LogP contribution in [0.25, 0.3) is 17.1 Å². The first-order chi connectivity index (χ1) is 15.8. The molecule has 6 nitrogen and oxygen atoms in total. The van der Waals surface area contributed by atoms with Gasteiger partial charge in [0.2, 0.25) is 0 Å². The van der Waals surface area contributed by atoms with Crippen LogP contribution in [0.1, 0.15) is 17.5 Å². The van der Waals surface area contributed by atoms with E-state index in [1.165, 1.54) is 17.3 Å². The average molecular weight is 440 g/mol. The van der Waals surface area contributed by atoms with Crippen LogP contribution in [-0.2, 0) is 11.2 Å². The summed E-state index contributed by atoms with van der Waals surface area (Å²) in [6.45, 7) is 0. The highest BCUT2D eigenvalue weighted by molar-refractivity contribution is 7.99. The highest BCUT2D eigenvalue weighted by Crippen LogP contribution is 2.28. The number of hydrazone groups is 1. The Kier molecular flexibility index (Phi) is 5.81. The summed E-state index contributed by atoms with van der Waals surface area (Å²) in [6.07, 6.45) is 1.80. The number of carbonyl (C=O) groups excluding carboxylic acids is 1. The van der Waals surface area contributed by atoms with Gasteiger partial charge in [0.05, 0.1) is 11.5 Å². The molecular formula is C25H21N5OS. The molecule has 7 heteroatoms. The second-order valence-corrected chi connectivity index (χ2v) is 8.32. The first-order valence-corrected chi connectivity index (χ1v) is 11.4. The van der Waals surface area contributed by atoms with E-state index < -0.39 is 0 Å². The SMILES string of the molecule is O=C(CSc1nnc(-c2ccccc2)n1-c1ccccc1)NN=C1CCc2ccccc21. The highest BCUT2D eigenvalue weighted by atomic mass is 32.2. The van der Waals surface area contributed by atoms with E-state index in [9.17, 15) is 4.79 Å². The van der Waals surface area contributed by atoms with E-state index in [0.717, 1.165) is 41.2 Å². The molecule has 0 radical (unpaired) electrons. The Morgan fingerprint density at radius 2 is 1.62 bits per heavy atom. The molecule has 5 rings (SSSR count). The minimum atomic E-state index is -0.171. The quantitative estimate of drug-likeness (QED) is 0.355. The fraction of sp³-hybridized carbons (Fsp3) is 0.120. The van der Waals surface area contributed by atoms with Crippen LogP contribution in [0.5, 0.6) is 0 Å². The monoisotopic (exact) mass is 439 g/mol. The minimum Gasteiger partial charge on any atom is -0.272 e. The summed E-state index contributed by atoms with van der Waals surface area (Å²) in [5.41, 5.74) is 7.94. The van der Waals surface area contributed by atoms with E-state index >= 15 is 0 Å². The molecule has 32 heavy (non-hydrogen) atoms. The summed E-state index contributed by atoms with van der Waals surface area (Å²) in [5, 5.41) is 13.8. The summed E-state index contributed by atoms with van der Waals surface area (Å²) < 4.78 is 1.98. The number of aryl methyl sites for hydroxylation is 1. The lowest BCUT2D eigenvalue weighted by Gasteiger charge is -2.10. The van der Waals surface area contributed by atoms with Crippen LogP contribution in [-0.4, -0.2) is 32.1 Å². The smallest absolute Gasteiger partial charge is 0.250 e. The van der Waals surface area contributed by atoms with E-state index in [1.807, 2.05) is 77.4 Å². The summed E-state index contributed by atoms with van der Waals surface area (Å²) in [7, 11) is 0. The van der Waals surface area contributed by atoms with Crippen LogP contribution in [0.4, 0.5) is 0 Å². The van der Waals surface area contributed by atoms with Crippen molar-refractivity contribution in [2.45, 2.75) is 18.0 Å². The maximum Gasteiger partial charge on any atom is 0.250 e. The van der Waals surface area contributed by atoms with E-state index in [1.54, 1.807) is 0 Å². The lowest BCUT2D eigenvalue weighted by Crippen LogP contribution is -2.21. The number of fused-ring (bicyclic) bond motifs is 1. The lowest BCUT2D eigenvalue weighted by molar-refractivity contribution is -0.118. The number of nitrogens with zero attached hydrogens (tertiary/aromatic N) is 4. The maximum absolute atomic E-state index is 12.5. The third-order valence-electron chi connectivity index (χ3n) is 5.29. The molecule has 1 heterocycles. The largest absolute Gasteiger partial charge is 0.272 e. The van der Waals surface area contributed by atoms with Crippen molar-refractivity contribution in [3.8, 4) is 17.1 Å². The van der Waals surface area contributed by atoms with Gasteiger partial charge in [-0.25, -0.2) is 5.43 Å². The van der Waals surface area contributed by atoms with E-state index in [2.05, 4.69) is 32.9 Å². The maximum atomic E-state index is 12.5. The third kappa shape index (κ3) is 4.20. The van der Waals surface area contributed by atoms with E-state index in [4.69, 9.17) is 0 Å². The molecule has 0 saturated heterocycles. The van der Waals surface area contributed by atoms with Gasteiger partial charge < -0.3 is 0 Å². The molecule has 158 valence electrons. The summed E-state index contributed by atoms with van der Waals surface area (Å²) >= 11 is 1.34. The second kappa shape index (κ2) is 9.20. The van der Waals surface area contributed by atoms with Gasteiger partial charge in [0.15, 0.2) is 11.0 Å². The second-order valence-electron chi connectivity index (χ2n) is 7.38. The fourth-order valence-corrected chi connectivity index (χ4v) is 4.51. The lowest BCUT2D eigenvalue weighted by atomic mass is 10.1. The zero-order chi connectivity index (χ0) is 21.8. The summed E-state index contributed by atoms with van der Waals surface area (Å²) in [5.74, 6) is 0.760. The van der Waals surface area contributed by atoms with Crippen molar-refractivity contribution < 1.29 is 4.79 Å². The number of hydrogen-bond acceptors (Lipinski definition) is 5. The zero-order valence-electron chi connectivity index (χ0n) is 17.3. The molecule has 1 N–H and O–H groups in total. The molecule has 0 fully saturated rings. The molecule has 1 aliphatic carbocycles. The van der Waals surface area contributed by atoms with Crippen molar-refractivity contribution in [1.29, 1.82) is 0 Å². The van der Waals surface area contributed by atoms with Crippen LogP contribution < -0.4 is 5.43 Å². The Balaban J connectivity index is 1.33. The Morgan fingerprint density at radius 1 is 0.906 bits per heavy atom. The number of amides is 1. The topological polar surface area (TPSA) is 72.2 Å². The molecule has 1 amide bonds. The van der Waals surface area contributed by atoms with E-state index in [0.29, 0.717) is 5.16 Å². The number of rotatable bonds is 6. The predicted molar refractivity (Wildman–Crippen MR) is 127 cm³/mol. The summed E-state index contributed by atoms with van der Waals surface area (Å²) in [4.78, 5) is 12.5. The van der Waals surface area contributed by atoms with Crippen LogP contribution in [0, 0.1) is 0 Å². The number of para-hydroxylation sites is 1. The number of aromatic nitrogens is 3. The van der Waals surface area contributed by atoms with Gasteiger partial charge in [-0.15, -0.1) is 10.2 Å². The van der Waals surface area contributed by atoms with Gasteiger partial charge in [-0.1, -0.05) is 84.6 Å². The first-order valence-electron chi connectivity index (χ1n) is 10.4. The number of carbonyl (C=O) groups is 1. The van der Waals surface area contributed by atoms with Gasteiger partial charge in [0, 0.05) is 16.8 Å². The number of thioether (sulfide) groups is 1. The summed E-state index contributed by atoms with van der Waals surface area (Å²) in [6, 6.07) is 28.0. The van der Waals surface area contributed by atoms with Gasteiger partial charge in [-0.2, -0.15) is 5.10 Å². The Morgan fingerprint density at radius 3 is 2.44 bits per heavy atom. The van der Waals surface area contributed by atoms with Gasteiger partial charge >= 0.3 is 0 Å². The first kappa shape index (κ1) is 20.2. The highest BCUT2D eigenvalue weighted by Gasteiger charge is 2.19. The Hall–Kier alpha value is -3.71. The number of hydrogen-bond donors (Lipinski definition) is 1. The number of nitrogens with one attached hydrogen (secondary N) is 1. The van der Waals surface area contributed by atoms with Crippen LogP contribution >= 0.6 is 11.8 Å². The Labute approximate surface area is 190 Å². The molecule has 0 saturated carbocycles. The van der Waals surface area contributed by atoms with Gasteiger partial charge in [0.1, 0.15) is 0 Å². The van der Waals surface area contributed by atoms with Crippen LogP contribution in [0.15, 0.2) is 95.2 Å². The van der Waals surface area contributed by atoms with Crippen LogP contribution in [0.3, 0.4) is 0 Å². The molecular weight excluding hydrogens is 418 g/mol.